The summed E-state index contributed by atoms with van der Waals surface area (Å²) in [6, 6.07) is 12.5. The predicted octanol–water partition coefficient (Wildman–Crippen LogP) is 4.45. The minimum absolute atomic E-state index is 0.635. The average molecular weight is 288 g/mol. The van der Waals surface area contributed by atoms with Crippen molar-refractivity contribution in [1.29, 1.82) is 0 Å². The summed E-state index contributed by atoms with van der Waals surface area (Å²) in [4.78, 5) is 0. The van der Waals surface area contributed by atoms with Crippen LogP contribution in [0.25, 0.3) is 0 Å². The number of aryl methyl sites for hydroxylation is 2. The van der Waals surface area contributed by atoms with Crippen LogP contribution < -0.4 is 10.1 Å². The molecule has 2 aromatic rings. The van der Waals surface area contributed by atoms with Crippen molar-refractivity contribution in [2.45, 2.75) is 25.8 Å². The van der Waals surface area contributed by atoms with Gasteiger partial charge in [0.05, 0.1) is 12.1 Å². The van der Waals surface area contributed by atoms with E-state index in [4.69, 9.17) is 16.3 Å². The van der Waals surface area contributed by atoms with Crippen LogP contribution in [0.5, 0.6) is 5.75 Å². The standard InChI is InChI=1S/C17H18ClNO/c1-20-17-10-15(7-8-16(17)18)19-11-12-5-6-13-3-2-4-14(13)9-12/h5-10,19H,2-4,11H2,1H3. The molecule has 0 aromatic heterocycles. The maximum Gasteiger partial charge on any atom is 0.139 e. The highest BCUT2D eigenvalue weighted by atomic mass is 35.5. The minimum atomic E-state index is 0.635. The Morgan fingerprint density at radius 3 is 2.80 bits per heavy atom. The summed E-state index contributed by atoms with van der Waals surface area (Å²) in [6.07, 6.45) is 3.75. The number of benzene rings is 2. The normalized spacial score (nSPS) is 13.1. The van der Waals surface area contributed by atoms with Crippen molar-refractivity contribution in [3.05, 3.63) is 58.1 Å². The molecule has 0 bridgehead atoms. The van der Waals surface area contributed by atoms with Crippen molar-refractivity contribution >= 4 is 17.3 Å². The lowest BCUT2D eigenvalue weighted by atomic mass is 10.1. The first kappa shape index (κ1) is 13.3. The van der Waals surface area contributed by atoms with Crippen molar-refractivity contribution in [3.8, 4) is 5.75 Å². The minimum Gasteiger partial charge on any atom is -0.495 e. The van der Waals surface area contributed by atoms with Gasteiger partial charge in [-0.2, -0.15) is 0 Å². The molecular formula is C17H18ClNO. The number of fused-ring (bicyclic) bond motifs is 1. The number of rotatable bonds is 4. The van der Waals surface area contributed by atoms with Gasteiger partial charge in [0.2, 0.25) is 0 Å². The summed E-state index contributed by atoms with van der Waals surface area (Å²) < 4.78 is 5.23. The molecule has 1 aliphatic carbocycles. The predicted molar refractivity (Wildman–Crippen MR) is 83.8 cm³/mol. The fraction of sp³-hybridized carbons (Fsp3) is 0.294. The van der Waals surface area contributed by atoms with E-state index in [-0.39, 0.29) is 0 Å². The summed E-state index contributed by atoms with van der Waals surface area (Å²) in [6.45, 7) is 0.818. The number of nitrogens with one attached hydrogen (secondary N) is 1. The first-order valence-corrected chi connectivity index (χ1v) is 7.32. The van der Waals surface area contributed by atoms with Gasteiger partial charge in [0.1, 0.15) is 5.75 Å². The molecule has 0 fully saturated rings. The molecule has 3 rings (SSSR count). The second-order valence-electron chi connectivity index (χ2n) is 5.16. The van der Waals surface area contributed by atoms with E-state index >= 15 is 0 Å². The first-order valence-electron chi connectivity index (χ1n) is 6.94. The topological polar surface area (TPSA) is 21.3 Å². The Bertz CT molecular complexity index is 613. The molecule has 0 radical (unpaired) electrons. The van der Waals surface area contributed by atoms with Crippen LogP contribution in [0.4, 0.5) is 5.69 Å². The van der Waals surface area contributed by atoms with E-state index in [0.717, 1.165) is 12.2 Å². The van der Waals surface area contributed by atoms with Gasteiger partial charge in [-0.05, 0) is 48.1 Å². The van der Waals surface area contributed by atoms with Crippen LogP contribution in [0.3, 0.4) is 0 Å². The van der Waals surface area contributed by atoms with E-state index in [1.54, 1.807) is 7.11 Å². The molecule has 0 amide bonds. The molecule has 20 heavy (non-hydrogen) atoms. The zero-order valence-electron chi connectivity index (χ0n) is 11.6. The zero-order valence-corrected chi connectivity index (χ0v) is 12.3. The maximum atomic E-state index is 6.02. The largest absolute Gasteiger partial charge is 0.495 e. The van der Waals surface area contributed by atoms with Crippen LogP contribution >= 0.6 is 11.6 Å². The maximum absolute atomic E-state index is 6.02. The fourth-order valence-electron chi connectivity index (χ4n) is 2.71. The van der Waals surface area contributed by atoms with Crippen LogP contribution in [-0.4, -0.2) is 7.11 Å². The van der Waals surface area contributed by atoms with Crippen molar-refractivity contribution in [2.24, 2.45) is 0 Å². The van der Waals surface area contributed by atoms with Gasteiger partial charge in [-0.25, -0.2) is 0 Å². The summed E-state index contributed by atoms with van der Waals surface area (Å²) in [5.74, 6) is 0.700. The van der Waals surface area contributed by atoms with Gasteiger partial charge in [-0.1, -0.05) is 29.8 Å². The number of ether oxygens (including phenoxy) is 1. The van der Waals surface area contributed by atoms with Gasteiger partial charge in [0.15, 0.2) is 0 Å². The van der Waals surface area contributed by atoms with E-state index in [1.807, 2.05) is 18.2 Å². The molecule has 0 spiro atoms. The van der Waals surface area contributed by atoms with Crippen molar-refractivity contribution in [2.75, 3.05) is 12.4 Å². The van der Waals surface area contributed by atoms with Crippen LogP contribution in [-0.2, 0) is 19.4 Å². The van der Waals surface area contributed by atoms with Gasteiger partial charge in [-0.15, -0.1) is 0 Å². The second kappa shape index (κ2) is 5.76. The number of hydrogen-bond donors (Lipinski definition) is 1. The Kier molecular flexibility index (Phi) is 3.83. The fourth-order valence-corrected chi connectivity index (χ4v) is 2.90. The number of anilines is 1. The summed E-state index contributed by atoms with van der Waals surface area (Å²) >= 11 is 6.02. The monoisotopic (exact) mass is 287 g/mol. The number of methoxy groups -OCH3 is 1. The van der Waals surface area contributed by atoms with Crippen molar-refractivity contribution < 1.29 is 4.74 Å². The van der Waals surface area contributed by atoms with Gasteiger partial charge in [-0.3, -0.25) is 0 Å². The molecule has 0 saturated heterocycles. The van der Waals surface area contributed by atoms with Gasteiger partial charge >= 0.3 is 0 Å². The van der Waals surface area contributed by atoms with Gasteiger partial charge < -0.3 is 10.1 Å². The highest BCUT2D eigenvalue weighted by Crippen LogP contribution is 2.28. The Balaban J connectivity index is 1.70. The highest BCUT2D eigenvalue weighted by molar-refractivity contribution is 6.32. The van der Waals surface area contributed by atoms with E-state index in [9.17, 15) is 0 Å². The lowest BCUT2D eigenvalue weighted by Crippen LogP contribution is -2.00. The molecule has 2 nitrogen and oxygen atoms in total. The number of halogens is 1. The van der Waals surface area contributed by atoms with Crippen LogP contribution in [0, 0.1) is 0 Å². The molecule has 2 aromatic carbocycles. The Morgan fingerprint density at radius 1 is 1.10 bits per heavy atom. The van der Waals surface area contributed by atoms with E-state index in [1.165, 1.54) is 36.0 Å². The third-order valence-electron chi connectivity index (χ3n) is 3.81. The van der Waals surface area contributed by atoms with Gasteiger partial charge in [0.25, 0.3) is 0 Å². The van der Waals surface area contributed by atoms with Crippen LogP contribution in [0.2, 0.25) is 5.02 Å². The average Bonchev–Trinajstić information content (AvgIpc) is 2.94. The lowest BCUT2D eigenvalue weighted by molar-refractivity contribution is 0.415. The van der Waals surface area contributed by atoms with Crippen molar-refractivity contribution in [3.63, 3.8) is 0 Å². The smallest absolute Gasteiger partial charge is 0.139 e. The molecule has 0 unspecified atom stereocenters. The molecule has 0 heterocycles. The number of hydrogen-bond acceptors (Lipinski definition) is 2. The first-order chi connectivity index (χ1) is 9.76. The molecule has 0 saturated carbocycles. The zero-order chi connectivity index (χ0) is 13.9. The summed E-state index contributed by atoms with van der Waals surface area (Å²) in [5, 5.41) is 4.05. The van der Waals surface area contributed by atoms with Crippen LogP contribution in [0.1, 0.15) is 23.1 Å². The third kappa shape index (κ3) is 2.75. The Labute approximate surface area is 124 Å². The lowest BCUT2D eigenvalue weighted by Gasteiger charge is -2.10. The molecule has 0 aliphatic heterocycles. The van der Waals surface area contributed by atoms with E-state index in [0.29, 0.717) is 10.8 Å². The Morgan fingerprint density at radius 2 is 1.95 bits per heavy atom. The van der Waals surface area contributed by atoms with Crippen molar-refractivity contribution in [1.82, 2.24) is 0 Å². The molecule has 3 heteroatoms. The molecular weight excluding hydrogens is 270 g/mol. The quantitative estimate of drug-likeness (QED) is 0.897. The van der Waals surface area contributed by atoms with E-state index in [2.05, 4.69) is 23.5 Å². The molecule has 1 aliphatic rings. The van der Waals surface area contributed by atoms with E-state index < -0.39 is 0 Å². The highest BCUT2D eigenvalue weighted by Gasteiger charge is 2.10. The summed E-state index contributed by atoms with van der Waals surface area (Å²) in [7, 11) is 1.63. The summed E-state index contributed by atoms with van der Waals surface area (Å²) in [5.41, 5.74) is 5.37. The van der Waals surface area contributed by atoms with Crippen LogP contribution in [0.15, 0.2) is 36.4 Å². The van der Waals surface area contributed by atoms with Gasteiger partial charge in [0, 0.05) is 18.3 Å². The third-order valence-corrected chi connectivity index (χ3v) is 4.12. The Hall–Kier alpha value is -1.67. The molecule has 1 N–H and O–H groups in total. The SMILES string of the molecule is COc1cc(NCc2ccc3c(c2)CCC3)ccc1Cl. The second-order valence-corrected chi connectivity index (χ2v) is 5.57. The molecule has 0 atom stereocenters. The molecule has 104 valence electrons.